The van der Waals surface area contributed by atoms with Crippen molar-refractivity contribution in [2.45, 2.75) is 0 Å². The fourth-order valence-corrected chi connectivity index (χ4v) is 0. The first-order valence-electron chi connectivity index (χ1n) is 2.34. The topological polar surface area (TPSA) is 164 Å². The van der Waals surface area contributed by atoms with E-state index in [0.717, 1.165) is 0 Å². The van der Waals surface area contributed by atoms with Crippen molar-refractivity contribution in [3.05, 3.63) is 0 Å². The van der Waals surface area contributed by atoms with Gasteiger partial charge >= 0.3 is 17.1 Å². The summed E-state index contributed by atoms with van der Waals surface area (Å²) in [5.74, 6) is -2.44. The Hall–Kier alpha value is -0.661. The van der Waals surface area contributed by atoms with Crippen LogP contribution in [0.3, 0.4) is 0 Å². The van der Waals surface area contributed by atoms with Crippen molar-refractivity contribution >= 4 is 11.9 Å². The summed E-state index contributed by atoms with van der Waals surface area (Å²) >= 11 is 0. The van der Waals surface area contributed by atoms with Gasteiger partial charge in [0.2, 0.25) is 0 Å². The SMILES string of the molecule is NCC(=O)[O-].NCC(=O)[O-].O.[Cu+2]. The van der Waals surface area contributed by atoms with Crippen LogP contribution in [-0.4, -0.2) is 30.5 Å². The molecule has 0 unspecified atom stereocenters. The normalized spacial score (nSPS) is 6.17. The van der Waals surface area contributed by atoms with Crippen LogP contribution in [-0.2, 0) is 26.7 Å². The predicted octanol–water partition coefficient (Wildman–Crippen LogP) is -5.44. The van der Waals surface area contributed by atoms with E-state index < -0.39 is 11.9 Å². The molecular weight excluding hydrogens is 220 g/mol. The Balaban J connectivity index is -0.0000000457. The van der Waals surface area contributed by atoms with Crippen molar-refractivity contribution in [1.82, 2.24) is 0 Å². The van der Waals surface area contributed by atoms with Gasteiger partial charge in [-0.1, -0.05) is 0 Å². The van der Waals surface area contributed by atoms with Crippen LogP contribution in [0.15, 0.2) is 0 Å². The van der Waals surface area contributed by atoms with Crippen LogP contribution in [0.2, 0.25) is 0 Å². The van der Waals surface area contributed by atoms with Gasteiger partial charge in [-0.25, -0.2) is 0 Å². The summed E-state index contributed by atoms with van der Waals surface area (Å²) in [5, 5.41) is 18.3. The number of carbonyl (C=O) groups excluding carboxylic acids is 2. The quantitative estimate of drug-likeness (QED) is 0.449. The standard InChI is InChI=1S/2C2H5NO2.Cu.H2O/c2*3-1-2(4)5;;/h2*1,3H2,(H,4,5);;1H2/q;;+2;/p-2. The average molecular weight is 230 g/mol. The van der Waals surface area contributed by atoms with E-state index >= 15 is 0 Å². The molecule has 77 valence electrons. The van der Waals surface area contributed by atoms with Crippen molar-refractivity contribution in [3.63, 3.8) is 0 Å². The van der Waals surface area contributed by atoms with Gasteiger partial charge in [0, 0.05) is 13.1 Å². The van der Waals surface area contributed by atoms with Gasteiger partial charge in [-0.05, 0) is 0 Å². The molecule has 8 heteroatoms. The number of carboxylic acid groups (broad SMARTS) is 2. The summed E-state index contributed by atoms with van der Waals surface area (Å²) in [6.45, 7) is -0.778. The second kappa shape index (κ2) is 16.7. The molecule has 0 aromatic heterocycles. The van der Waals surface area contributed by atoms with Crippen LogP contribution in [0.1, 0.15) is 0 Å². The molecule has 6 N–H and O–H groups in total. The summed E-state index contributed by atoms with van der Waals surface area (Å²) in [4.78, 5) is 18.3. The predicted molar refractivity (Wildman–Crippen MR) is 31.7 cm³/mol. The number of aliphatic carboxylic acids is 2. The van der Waals surface area contributed by atoms with E-state index in [1.807, 2.05) is 0 Å². The smallest absolute Gasteiger partial charge is 0.549 e. The molecule has 0 rings (SSSR count). The van der Waals surface area contributed by atoms with E-state index in [1.165, 1.54) is 0 Å². The molecule has 0 fully saturated rings. The molecule has 0 spiro atoms. The summed E-state index contributed by atoms with van der Waals surface area (Å²) in [6.07, 6.45) is 0. The number of hydrogen-bond acceptors (Lipinski definition) is 6. The fourth-order valence-electron chi connectivity index (χ4n) is 0. The molecule has 0 aliphatic heterocycles. The third kappa shape index (κ3) is 58.2. The molecule has 0 aromatic carbocycles. The molecule has 0 saturated heterocycles. The largest absolute Gasteiger partial charge is 2.00 e. The van der Waals surface area contributed by atoms with E-state index in [9.17, 15) is 0 Å². The zero-order valence-corrected chi connectivity index (χ0v) is 6.95. The molecule has 0 aliphatic rings. The average Bonchev–Trinajstić information content (AvgIpc) is 1.89. The molecule has 0 bridgehead atoms. The zero-order chi connectivity index (χ0) is 8.57. The van der Waals surface area contributed by atoms with Gasteiger partial charge in [-0.3, -0.25) is 0 Å². The first-order chi connectivity index (χ1) is 4.54. The minimum atomic E-state index is -1.22. The molecule has 0 saturated carbocycles. The van der Waals surface area contributed by atoms with Crippen LogP contribution in [0.4, 0.5) is 0 Å². The van der Waals surface area contributed by atoms with Crippen LogP contribution in [0.25, 0.3) is 0 Å². The number of nitrogens with two attached hydrogens (primary N) is 2. The first kappa shape index (κ1) is 22.5. The minimum absolute atomic E-state index is 0. The number of carbonyl (C=O) groups is 2. The maximum atomic E-state index is 9.13. The maximum absolute atomic E-state index is 9.13. The van der Waals surface area contributed by atoms with E-state index in [0.29, 0.717) is 0 Å². The molecule has 0 aliphatic carbocycles. The van der Waals surface area contributed by atoms with Gasteiger partial charge in [0.25, 0.3) is 0 Å². The zero-order valence-electron chi connectivity index (χ0n) is 6.00. The minimum Gasteiger partial charge on any atom is -0.549 e. The Morgan fingerprint density at radius 2 is 1.08 bits per heavy atom. The van der Waals surface area contributed by atoms with Gasteiger partial charge in [0.05, 0.1) is 11.9 Å². The van der Waals surface area contributed by atoms with E-state index in [4.69, 9.17) is 19.8 Å². The number of hydrogen-bond donors (Lipinski definition) is 2. The Bertz CT molecular complexity index is 106. The van der Waals surface area contributed by atoms with Gasteiger partial charge in [-0.15, -0.1) is 0 Å². The summed E-state index contributed by atoms with van der Waals surface area (Å²) < 4.78 is 0. The van der Waals surface area contributed by atoms with Gasteiger partial charge < -0.3 is 36.7 Å². The number of carboxylic acids is 2. The van der Waals surface area contributed by atoms with Crippen molar-refractivity contribution in [2.75, 3.05) is 13.1 Å². The Morgan fingerprint density at radius 1 is 1.00 bits per heavy atom. The Kier molecular flexibility index (Phi) is 31.4. The molecule has 12 heavy (non-hydrogen) atoms. The number of rotatable bonds is 2. The first-order valence-corrected chi connectivity index (χ1v) is 2.34. The molecule has 0 amide bonds. The van der Waals surface area contributed by atoms with Crippen LogP contribution >= 0.6 is 0 Å². The van der Waals surface area contributed by atoms with E-state index in [1.54, 1.807) is 0 Å². The van der Waals surface area contributed by atoms with Crippen LogP contribution in [0, 0.1) is 0 Å². The summed E-state index contributed by atoms with van der Waals surface area (Å²) in [6, 6.07) is 0. The van der Waals surface area contributed by atoms with E-state index in [2.05, 4.69) is 11.5 Å². The summed E-state index contributed by atoms with van der Waals surface area (Å²) in [5.41, 5.74) is 9.02. The Morgan fingerprint density at radius 3 is 1.08 bits per heavy atom. The molecule has 0 atom stereocenters. The molecule has 0 aromatic rings. The second-order valence-corrected chi connectivity index (χ2v) is 1.15. The third-order valence-corrected chi connectivity index (χ3v) is 0.333. The fraction of sp³-hybridized carbons (Fsp3) is 0.500. The van der Waals surface area contributed by atoms with Crippen molar-refractivity contribution in [1.29, 1.82) is 0 Å². The molecule has 1 radical (unpaired) electrons. The summed E-state index contributed by atoms with van der Waals surface area (Å²) in [7, 11) is 0. The van der Waals surface area contributed by atoms with Gasteiger partial charge in [-0.2, -0.15) is 0 Å². The monoisotopic (exact) mass is 229 g/mol. The molecule has 7 nitrogen and oxygen atoms in total. The van der Waals surface area contributed by atoms with Crippen molar-refractivity contribution < 1.29 is 42.3 Å². The Labute approximate surface area is 79.5 Å². The van der Waals surface area contributed by atoms with Gasteiger partial charge in [0.15, 0.2) is 0 Å². The molecular formula is C4H10CuN2O5. The van der Waals surface area contributed by atoms with Crippen LogP contribution in [0.5, 0.6) is 0 Å². The van der Waals surface area contributed by atoms with Crippen molar-refractivity contribution in [3.8, 4) is 0 Å². The van der Waals surface area contributed by atoms with Crippen molar-refractivity contribution in [2.24, 2.45) is 11.5 Å². The second-order valence-electron chi connectivity index (χ2n) is 1.15. The maximum Gasteiger partial charge on any atom is 2.00 e. The van der Waals surface area contributed by atoms with E-state index in [-0.39, 0.29) is 35.6 Å². The third-order valence-electron chi connectivity index (χ3n) is 0.333. The molecule has 0 heterocycles. The van der Waals surface area contributed by atoms with Crippen LogP contribution < -0.4 is 21.7 Å². The van der Waals surface area contributed by atoms with Gasteiger partial charge in [0.1, 0.15) is 0 Å².